The second-order valence-electron chi connectivity index (χ2n) is 5.01. The Morgan fingerprint density at radius 2 is 2.25 bits per heavy atom. The first-order valence-corrected chi connectivity index (χ1v) is 6.46. The highest BCUT2D eigenvalue weighted by Crippen LogP contribution is 2.36. The van der Waals surface area contributed by atoms with Crippen molar-refractivity contribution in [3.63, 3.8) is 0 Å². The highest BCUT2D eigenvalue weighted by molar-refractivity contribution is 6.00. The van der Waals surface area contributed by atoms with E-state index in [9.17, 15) is 0 Å². The number of benzene rings is 1. The van der Waals surface area contributed by atoms with Gasteiger partial charge in [-0.15, -0.1) is 0 Å². The molecular formula is C16H12N3O+. The molecule has 4 heterocycles. The topological polar surface area (TPSA) is 34.8 Å². The van der Waals surface area contributed by atoms with Gasteiger partial charge in [-0.25, -0.2) is 9.55 Å². The minimum Gasteiger partial charge on any atom is -0.400 e. The van der Waals surface area contributed by atoms with Gasteiger partial charge in [0.1, 0.15) is 6.54 Å². The lowest BCUT2D eigenvalue weighted by atomic mass is 10.1. The summed E-state index contributed by atoms with van der Waals surface area (Å²) in [5.41, 5.74) is 3.65. The molecule has 0 fully saturated rings. The molecule has 4 nitrogen and oxygen atoms in total. The van der Waals surface area contributed by atoms with Gasteiger partial charge in [0, 0.05) is 11.8 Å². The van der Waals surface area contributed by atoms with E-state index >= 15 is 0 Å². The van der Waals surface area contributed by atoms with E-state index in [0.717, 1.165) is 22.0 Å². The first kappa shape index (κ1) is 7.85. The lowest BCUT2D eigenvalue weighted by Gasteiger charge is -1.93. The number of aromatic nitrogens is 3. The SMILES string of the molecule is [2H]C([2H])([2H])[n+]1c2n(c3c4cccnc4oc31)Cc1ccccc1-2. The maximum Gasteiger partial charge on any atom is 0.340 e. The van der Waals surface area contributed by atoms with Gasteiger partial charge in [-0.05, 0) is 18.2 Å². The summed E-state index contributed by atoms with van der Waals surface area (Å²) in [6, 6.07) is 11.6. The fraction of sp³-hybridized carbons (Fsp3) is 0.125. The molecule has 0 spiro atoms. The number of rotatable bonds is 0. The monoisotopic (exact) mass is 265 g/mol. The second-order valence-corrected chi connectivity index (χ2v) is 5.01. The Morgan fingerprint density at radius 3 is 3.20 bits per heavy atom. The lowest BCUT2D eigenvalue weighted by molar-refractivity contribution is -0.640. The van der Waals surface area contributed by atoms with Crippen LogP contribution in [-0.2, 0) is 13.5 Å². The van der Waals surface area contributed by atoms with E-state index in [-0.39, 0.29) is 0 Å². The van der Waals surface area contributed by atoms with Crippen molar-refractivity contribution in [1.82, 2.24) is 9.55 Å². The van der Waals surface area contributed by atoms with E-state index in [0.29, 0.717) is 23.8 Å². The predicted molar refractivity (Wildman–Crippen MR) is 75.2 cm³/mol. The lowest BCUT2D eigenvalue weighted by Crippen LogP contribution is -2.29. The van der Waals surface area contributed by atoms with Crippen molar-refractivity contribution in [3.8, 4) is 11.4 Å². The molecule has 0 N–H and O–H groups in total. The average Bonchev–Trinajstić information content (AvgIpc) is 3.12. The van der Waals surface area contributed by atoms with Crippen LogP contribution in [0.3, 0.4) is 0 Å². The molecular weight excluding hydrogens is 250 g/mol. The normalized spacial score (nSPS) is 15.9. The molecule has 1 aliphatic heterocycles. The molecule has 0 radical (unpaired) electrons. The van der Waals surface area contributed by atoms with Crippen molar-refractivity contribution in [2.75, 3.05) is 0 Å². The third-order valence-electron chi connectivity index (χ3n) is 3.95. The smallest absolute Gasteiger partial charge is 0.340 e. The number of imidazole rings is 1. The quantitative estimate of drug-likeness (QED) is 0.403. The molecule has 5 rings (SSSR count). The Kier molecular flexibility index (Phi) is 1.29. The van der Waals surface area contributed by atoms with E-state index in [1.165, 1.54) is 4.57 Å². The summed E-state index contributed by atoms with van der Waals surface area (Å²) in [5, 5.41) is 0.833. The summed E-state index contributed by atoms with van der Waals surface area (Å²) in [4.78, 5) is 4.21. The fourth-order valence-electron chi connectivity index (χ4n) is 3.11. The van der Waals surface area contributed by atoms with Crippen molar-refractivity contribution in [3.05, 3.63) is 48.2 Å². The Hall–Kier alpha value is -2.62. The van der Waals surface area contributed by atoms with Crippen molar-refractivity contribution in [2.45, 2.75) is 6.54 Å². The van der Waals surface area contributed by atoms with Gasteiger partial charge < -0.3 is 4.42 Å². The zero-order valence-electron chi connectivity index (χ0n) is 13.5. The summed E-state index contributed by atoms with van der Waals surface area (Å²) in [5.74, 6) is 0.667. The van der Waals surface area contributed by atoms with E-state index in [1.807, 2.05) is 41.0 Å². The minimum absolute atomic E-state index is 0.350. The van der Waals surface area contributed by atoms with Crippen molar-refractivity contribution >= 4 is 22.3 Å². The summed E-state index contributed by atoms with van der Waals surface area (Å²) in [7, 11) is 0. The van der Waals surface area contributed by atoms with Crippen molar-refractivity contribution in [1.29, 1.82) is 0 Å². The molecule has 0 aliphatic carbocycles. The van der Waals surface area contributed by atoms with Crippen LogP contribution in [0.1, 0.15) is 9.68 Å². The number of hydrogen-bond acceptors (Lipinski definition) is 2. The van der Waals surface area contributed by atoms with Gasteiger partial charge >= 0.3 is 5.71 Å². The highest BCUT2D eigenvalue weighted by atomic mass is 16.4. The molecule has 0 bridgehead atoms. The Morgan fingerprint density at radius 1 is 1.30 bits per heavy atom. The van der Waals surface area contributed by atoms with Crippen molar-refractivity contribution in [2.24, 2.45) is 6.98 Å². The summed E-state index contributed by atoms with van der Waals surface area (Å²) < 4.78 is 33.0. The first-order valence-electron chi connectivity index (χ1n) is 7.96. The van der Waals surface area contributed by atoms with E-state index in [1.54, 1.807) is 6.20 Å². The molecule has 1 aliphatic rings. The second kappa shape index (κ2) is 3.28. The van der Waals surface area contributed by atoms with Gasteiger partial charge in [0.15, 0.2) is 0 Å². The van der Waals surface area contributed by atoms with Crippen LogP contribution in [0.2, 0.25) is 0 Å². The predicted octanol–water partition coefficient (Wildman–Crippen LogP) is 2.64. The van der Waals surface area contributed by atoms with Crippen LogP contribution in [0, 0.1) is 0 Å². The van der Waals surface area contributed by atoms with Crippen LogP contribution >= 0.6 is 0 Å². The average molecular weight is 265 g/mol. The van der Waals surface area contributed by atoms with Crippen LogP contribution in [0.4, 0.5) is 0 Å². The van der Waals surface area contributed by atoms with Crippen LogP contribution in [0.15, 0.2) is 47.0 Å². The van der Waals surface area contributed by atoms with Gasteiger partial charge in [0.2, 0.25) is 11.2 Å². The van der Waals surface area contributed by atoms with Gasteiger partial charge in [-0.2, -0.15) is 4.57 Å². The molecule has 0 unspecified atom stereocenters. The number of fused-ring (bicyclic) bond motifs is 7. The van der Waals surface area contributed by atoms with Gasteiger partial charge in [0.25, 0.3) is 5.82 Å². The van der Waals surface area contributed by atoms with Crippen LogP contribution in [0.25, 0.3) is 33.7 Å². The number of hydrogen-bond donors (Lipinski definition) is 0. The minimum atomic E-state index is -2.33. The Bertz CT molecular complexity index is 1090. The molecule has 20 heavy (non-hydrogen) atoms. The van der Waals surface area contributed by atoms with E-state index in [4.69, 9.17) is 8.53 Å². The number of furan rings is 1. The maximum absolute atomic E-state index is 7.96. The van der Waals surface area contributed by atoms with Gasteiger partial charge in [0.05, 0.1) is 22.0 Å². The standard InChI is InChI=1S/C16H12N3O/c1-18-15-11-6-3-2-5-10(11)9-19(15)13-12-7-4-8-17-14(12)20-16(13)18/h2-8H,9H2,1H3/q+1/i1D3. The highest BCUT2D eigenvalue weighted by Gasteiger charge is 2.35. The molecule has 1 aromatic carbocycles. The Balaban J connectivity index is 2.01. The Labute approximate surface area is 119 Å². The third-order valence-corrected chi connectivity index (χ3v) is 3.95. The molecule has 0 atom stereocenters. The molecule has 0 saturated heterocycles. The molecule has 0 saturated carbocycles. The molecule has 96 valence electrons. The van der Waals surface area contributed by atoms with Crippen LogP contribution < -0.4 is 4.57 Å². The number of pyridine rings is 1. The van der Waals surface area contributed by atoms with Crippen LogP contribution in [-0.4, -0.2) is 9.55 Å². The number of nitrogens with zero attached hydrogens (tertiary/aromatic N) is 3. The first-order chi connectivity index (χ1) is 11.1. The summed E-state index contributed by atoms with van der Waals surface area (Å²) in [6.07, 6.45) is 1.64. The van der Waals surface area contributed by atoms with Gasteiger partial charge in [-0.3, -0.25) is 0 Å². The largest absolute Gasteiger partial charge is 0.400 e. The molecule has 0 amide bonds. The zero-order valence-corrected chi connectivity index (χ0v) is 10.5. The van der Waals surface area contributed by atoms with Gasteiger partial charge in [-0.1, -0.05) is 18.2 Å². The van der Waals surface area contributed by atoms with Crippen LogP contribution in [0.5, 0.6) is 0 Å². The van der Waals surface area contributed by atoms with Crippen molar-refractivity contribution < 1.29 is 13.1 Å². The summed E-state index contributed by atoms with van der Waals surface area (Å²) >= 11 is 0. The van der Waals surface area contributed by atoms with E-state index < -0.39 is 6.98 Å². The fourth-order valence-corrected chi connectivity index (χ4v) is 3.11. The maximum atomic E-state index is 7.96. The zero-order chi connectivity index (χ0) is 15.8. The molecule has 4 heteroatoms. The third kappa shape index (κ3) is 1.04. The summed E-state index contributed by atoms with van der Waals surface area (Å²) in [6.45, 7) is -1.70. The number of aryl methyl sites for hydroxylation is 1. The molecule has 4 aromatic rings. The molecule has 3 aromatic heterocycles. The van der Waals surface area contributed by atoms with E-state index in [2.05, 4.69) is 4.98 Å².